The molecule has 4 heteroatoms. The maximum absolute atomic E-state index is 5.59. The zero-order chi connectivity index (χ0) is 19.9. The summed E-state index contributed by atoms with van der Waals surface area (Å²) in [4.78, 5) is 1.76. The Morgan fingerprint density at radius 1 is 0.714 bits per heavy atom. The topological polar surface area (TPSA) is 24.1 Å². The molecular formula is C24H30N2S2. The minimum Gasteiger partial charge on any atom is -0.376 e. The van der Waals surface area contributed by atoms with Crippen molar-refractivity contribution in [1.29, 1.82) is 0 Å². The van der Waals surface area contributed by atoms with Gasteiger partial charge in [-0.1, -0.05) is 73.0 Å². The van der Waals surface area contributed by atoms with E-state index in [0.717, 1.165) is 34.2 Å². The number of benzene rings is 2. The standard InChI is InChI=1S/C24H30N2S2/c1-17-7-3-5-9-21(17)23(27)25-15-19-11-13-20(14-12-19)16-26-24(28)22-10-6-4-8-18(22)2/h3-10,19-20H,11-16H2,1-2H3,(H,25,27)(H,26,28). The number of rotatable bonds is 6. The van der Waals surface area contributed by atoms with Gasteiger partial charge >= 0.3 is 0 Å². The van der Waals surface area contributed by atoms with Crippen LogP contribution in [0.3, 0.4) is 0 Å². The molecule has 148 valence electrons. The molecule has 0 bridgehead atoms. The van der Waals surface area contributed by atoms with Gasteiger partial charge in [-0.05, 0) is 62.5 Å². The maximum Gasteiger partial charge on any atom is 0.106 e. The highest BCUT2D eigenvalue weighted by atomic mass is 32.1. The second kappa shape index (κ2) is 10.1. The van der Waals surface area contributed by atoms with Crippen LogP contribution >= 0.6 is 24.4 Å². The fraction of sp³-hybridized carbons (Fsp3) is 0.417. The van der Waals surface area contributed by atoms with Gasteiger partial charge in [0.05, 0.1) is 0 Å². The van der Waals surface area contributed by atoms with E-state index in [1.807, 2.05) is 0 Å². The normalized spacial score (nSPS) is 19.1. The predicted octanol–water partition coefficient (Wildman–Crippen LogP) is 5.34. The van der Waals surface area contributed by atoms with Crippen LogP contribution < -0.4 is 10.6 Å². The van der Waals surface area contributed by atoms with E-state index in [1.54, 1.807) is 0 Å². The Balaban J connectivity index is 1.39. The van der Waals surface area contributed by atoms with Crippen LogP contribution in [0, 0.1) is 25.7 Å². The van der Waals surface area contributed by atoms with Gasteiger partial charge in [0.2, 0.25) is 0 Å². The van der Waals surface area contributed by atoms with Gasteiger partial charge in [0.15, 0.2) is 0 Å². The Morgan fingerprint density at radius 2 is 1.07 bits per heavy atom. The third kappa shape index (κ3) is 5.62. The molecular weight excluding hydrogens is 380 g/mol. The van der Waals surface area contributed by atoms with E-state index in [0.29, 0.717) is 11.8 Å². The van der Waals surface area contributed by atoms with Crippen LogP contribution in [0.25, 0.3) is 0 Å². The Hall–Kier alpha value is -1.78. The first-order chi connectivity index (χ1) is 13.5. The van der Waals surface area contributed by atoms with E-state index in [4.69, 9.17) is 24.4 Å². The minimum absolute atomic E-state index is 0.710. The smallest absolute Gasteiger partial charge is 0.106 e. The third-order valence-electron chi connectivity index (χ3n) is 5.85. The van der Waals surface area contributed by atoms with Crippen LogP contribution in [-0.4, -0.2) is 23.1 Å². The first kappa shape index (κ1) is 20.9. The second-order valence-electron chi connectivity index (χ2n) is 7.94. The van der Waals surface area contributed by atoms with Crippen LogP contribution in [0.4, 0.5) is 0 Å². The molecule has 1 saturated carbocycles. The van der Waals surface area contributed by atoms with Gasteiger partial charge in [-0.2, -0.15) is 0 Å². The van der Waals surface area contributed by atoms with E-state index in [-0.39, 0.29) is 0 Å². The van der Waals surface area contributed by atoms with Crippen LogP contribution in [0.15, 0.2) is 48.5 Å². The van der Waals surface area contributed by atoms with Crippen molar-refractivity contribution in [3.8, 4) is 0 Å². The lowest BCUT2D eigenvalue weighted by atomic mass is 9.82. The lowest BCUT2D eigenvalue weighted by Crippen LogP contribution is -2.34. The van der Waals surface area contributed by atoms with Gasteiger partial charge in [-0.3, -0.25) is 0 Å². The molecule has 0 unspecified atom stereocenters. The Labute approximate surface area is 180 Å². The Kier molecular flexibility index (Phi) is 7.57. The van der Waals surface area contributed by atoms with Gasteiger partial charge in [0, 0.05) is 24.2 Å². The molecule has 0 aliphatic heterocycles. The lowest BCUT2D eigenvalue weighted by molar-refractivity contribution is 0.275. The molecule has 0 spiro atoms. The monoisotopic (exact) mass is 410 g/mol. The lowest BCUT2D eigenvalue weighted by Gasteiger charge is -2.29. The summed E-state index contributed by atoms with van der Waals surface area (Å²) in [7, 11) is 0. The SMILES string of the molecule is Cc1ccccc1C(=S)NCC1CCC(CNC(=S)c2ccccc2C)CC1. The molecule has 0 aromatic heterocycles. The van der Waals surface area contributed by atoms with E-state index in [2.05, 4.69) is 73.0 Å². The summed E-state index contributed by atoms with van der Waals surface area (Å²) in [5.41, 5.74) is 4.78. The van der Waals surface area contributed by atoms with Gasteiger partial charge in [0.1, 0.15) is 9.98 Å². The summed E-state index contributed by atoms with van der Waals surface area (Å²) in [5, 5.41) is 6.99. The Morgan fingerprint density at radius 3 is 1.43 bits per heavy atom. The average molecular weight is 411 g/mol. The molecule has 0 saturated heterocycles. The molecule has 2 aromatic carbocycles. The molecule has 1 fully saturated rings. The predicted molar refractivity (Wildman–Crippen MR) is 127 cm³/mol. The summed E-state index contributed by atoms with van der Waals surface area (Å²) in [6, 6.07) is 16.6. The van der Waals surface area contributed by atoms with Crippen molar-refractivity contribution in [2.75, 3.05) is 13.1 Å². The molecule has 0 atom stereocenters. The van der Waals surface area contributed by atoms with Gasteiger partial charge in [-0.25, -0.2) is 0 Å². The number of hydrogen-bond donors (Lipinski definition) is 2. The average Bonchev–Trinajstić information content (AvgIpc) is 2.71. The van der Waals surface area contributed by atoms with Gasteiger partial charge < -0.3 is 10.6 Å². The first-order valence-corrected chi connectivity index (χ1v) is 11.0. The summed E-state index contributed by atoms with van der Waals surface area (Å²) < 4.78 is 0. The van der Waals surface area contributed by atoms with Crippen molar-refractivity contribution < 1.29 is 0 Å². The molecule has 0 radical (unpaired) electrons. The highest BCUT2D eigenvalue weighted by molar-refractivity contribution is 7.81. The van der Waals surface area contributed by atoms with Gasteiger partial charge in [0.25, 0.3) is 0 Å². The largest absolute Gasteiger partial charge is 0.376 e. The number of hydrogen-bond acceptors (Lipinski definition) is 2. The van der Waals surface area contributed by atoms with Crippen molar-refractivity contribution in [3.05, 3.63) is 70.8 Å². The van der Waals surface area contributed by atoms with Crippen LogP contribution in [0.2, 0.25) is 0 Å². The van der Waals surface area contributed by atoms with Crippen LogP contribution in [-0.2, 0) is 0 Å². The zero-order valence-corrected chi connectivity index (χ0v) is 18.5. The zero-order valence-electron chi connectivity index (χ0n) is 16.8. The van der Waals surface area contributed by atoms with Crippen molar-refractivity contribution in [1.82, 2.24) is 10.6 Å². The van der Waals surface area contributed by atoms with Crippen molar-refractivity contribution in [2.45, 2.75) is 39.5 Å². The van der Waals surface area contributed by atoms with E-state index in [1.165, 1.54) is 36.8 Å². The number of aryl methyl sites for hydroxylation is 2. The molecule has 28 heavy (non-hydrogen) atoms. The van der Waals surface area contributed by atoms with E-state index in [9.17, 15) is 0 Å². The van der Waals surface area contributed by atoms with Crippen LogP contribution in [0.5, 0.6) is 0 Å². The fourth-order valence-corrected chi connectivity index (χ4v) is 4.58. The summed E-state index contributed by atoms with van der Waals surface area (Å²) in [6.45, 7) is 6.19. The van der Waals surface area contributed by atoms with Crippen molar-refractivity contribution in [3.63, 3.8) is 0 Å². The highest BCUT2D eigenvalue weighted by Gasteiger charge is 2.21. The molecule has 1 aliphatic rings. The van der Waals surface area contributed by atoms with E-state index < -0.39 is 0 Å². The molecule has 2 N–H and O–H groups in total. The fourth-order valence-electron chi connectivity index (χ4n) is 3.96. The van der Waals surface area contributed by atoms with Gasteiger partial charge in [-0.15, -0.1) is 0 Å². The van der Waals surface area contributed by atoms with Crippen molar-refractivity contribution >= 4 is 34.4 Å². The number of nitrogens with one attached hydrogen (secondary N) is 2. The molecule has 2 nitrogen and oxygen atoms in total. The quantitative estimate of drug-likeness (QED) is 0.628. The highest BCUT2D eigenvalue weighted by Crippen LogP contribution is 2.28. The molecule has 0 heterocycles. The third-order valence-corrected chi connectivity index (χ3v) is 6.58. The van der Waals surface area contributed by atoms with E-state index >= 15 is 0 Å². The maximum atomic E-state index is 5.59. The minimum atomic E-state index is 0.710. The summed E-state index contributed by atoms with van der Waals surface area (Å²) >= 11 is 11.2. The number of thiocarbonyl (C=S) groups is 2. The second-order valence-corrected chi connectivity index (χ2v) is 8.75. The summed E-state index contributed by atoms with van der Waals surface area (Å²) in [5.74, 6) is 1.42. The molecule has 2 aromatic rings. The first-order valence-electron chi connectivity index (χ1n) is 10.2. The molecule has 3 rings (SSSR count). The van der Waals surface area contributed by atoms with Crippen LogP contribution in [0.1, 0.15) is 47.9 Å². The molecule has 0 amide bonds. The Bertz CT molecular complexity index is 753. The van der Waals surface area contributed by atoms with Crippen molar-refractivity contribution in [2.24, 2.45) is 11.8 Å². The summed E-state index contributed by atoms with van der Waals surface area (Å²) in [6.07, 6.45) is 5.03. The molecule has 1 aliphatic carbocycles.